The van der Waals surface area contributed by atoms with Crippen LogP contribution in [0.2, 0.25) is 5.82 Å². The molecule has 0 bridgehead atoms. The zero-order chi connectivity index (χ0) is 20.1. The van der Waals surface area contributed by atoms with E-state index in [9.17, 15) is 0 Å². The molecule has 1 unspecified atom stereocenters. The van der Waals surface area contributed by atoms with Crippen molar-refractivity contribution in [2.45, 2.75) is 66.6 Å². The fourth-order valence-electron chi connectivity index (χ4n) is 4.68. The Morgan fingerprint density at radius 3 is 1.37 bits per heavy atom. The van der Waals surface area contributed by atoms with E-state index in [1.54, 1.807) is 14.2 Å². The van der Waals surface area contributed by atoms with Gasteiger partial charge in [-0.15, -0.1) is 0 Å². The molecular weight excluding hydrogens is 331 g/mol. The molecule has 0 saturated carbocycles. The molecule has 27 heavy (non-hydrogen) atoms. The van der Waals surface area contributed by atoms with E-state index in [0.29, 0.717) is 12.5 Å². The topological polar surface area (TPSA) is 18.5 Å². The lowest BCUT2D eigenvalue weighted by atomic mass is 9.30. The van der Waals surface area contributed by atoms with Crippen LogP contribution in [0.1, 0.15) is 55.4 Å². The molecule has 146 valence electrons. The van der Waals surface area contributed by atoms with Gasteiger partial charge in [-0.1, -0.05) is 72.1 Å². The van der Waals surface area contributed by atoms with Gasteiger partial charge in [0.1, 0.15) is 11.5 Å². The van der Waals surface area contributed by atoms with Crippen LogP contribution in [0.15, 0.2) is 24.3 Å². The van der Waals surface area contributed by atoms with Crippen molar-refractivity contribution in [1.29, 1.82) is 0 Å². The molecule has 0 aromatic heterocycles. The second-order valence-electron chi connectivity index (χ2n) is 7.78. The lowest BCUT2D eigenvalue weighted by Gasteiger charge is -2.30. The van der Waals surface area contributed by atoms with Crippen LogP contribution in [0.5, 0.6) is 11.5 Å². The molecule has 0 saturated heterocycles. The van der Waals surface area contributed by atoms with Crippen molar-refractivity contribution in [3.63, 3.8) is 0 Å². The van der Waals surface area contributed by atoms with E-state index in [1.807, 2.05) is 0 Å². The minimum Gasteiger partial charge on any atom is -0.497 e. The summed E-state index contributed by atoms with van der Waals surface area (Å²) in [6.45, 7) is 13.9. The SMILES string of the molecule is CCCC(CC)B(c1c(C)cc(OC)cc1C)c1c(C)cc(OC)cc1C. The Labute approximate surface area is 166 Å². The molecule has 0 spiro atoms. The first-order chi connectivity index (χ1) is 12.9. The molecule has 3 heteroatoms. The quantitative estimate of drug-likeness (QED) is 0.603. The number of methoxy groups -OCH3 is 2. The highest BCUT2D eigenvalue weighted by atomic mass is 16.5. The summed E-state index contributed by atoms with van der Waals surface area (Å²) in [5.74, 6) is 2.50. The normalized spacial score (nSPS) is 12.0. The third-order valence-corrected chi connectivity index (χ3v) is 5.88. The van der Waals surface area contributed by atoms with E-state index in [-0.39, 0.29) is 0 Å². The maximum absolute atomic E-state index is 5.51. The molecule has 2 aromatic rings. The highest BCUT2D eigenvalue weighted by molar-refractivity contribution is 6.87. The fourth-order valence-corrected chi connectivity index (χ4v) is 4.68. The molecule has 2 nitrogen and oxygen atoms in total. The van der Waals surface area contributed by atoms with Crippen LogP contribution in [0.4, 0.5) is 0 Å². The van der Waals surface area contributed by atoms with Gasteiger partial charge in [-0.3, -0.25) is 0 Å². The molecule has 0 amide bonds. The largest absolute Gasteiger partial charge is 0.497 e. The van der Waals surface area contributed by atoms with E-state index in [0.717, 1.165) is 11.5 Å². The fraction of sp³-hybridized carbons (Fsp3) is 0.500. The number of benzene rings is 2. The van der Waals surface area contributed by atoms with Crippen LogP contribution in [-0.4, -0.2) is 20.9 Å². The van der Waals surface area contributed by atoms with Gasteiger partial charge in [0.25, 0.3) is 0 Å². The van der Waals surface area contributed by atoms with Gasteiger partial charge in [0.2, 0.25) is 6.71 Å². The number of hydrogen-bond acceptors (Lipinski definition) is 2. The Bertz CT molecular complexity index is 676. The highest BCUT2D eigenvalue weighted by Gasteiger charge is 2.32. The number of rotatable bonds is 8. The van der Waals surface area contributed by atoms with Gasteiger partial charge >= 0.3 is 0 Å². The Kier molecular flexibility index (Phi) is 7.41. The standard InChI is InChI=1S/C24H35BO2/c1-9-11-20(10-2)25(23-16(3)12-21(26-7)13-17(23)4)24-18(5)14-22(27-8)15-19(24)6/h12-15,20H,9-11H2,1-8H3. The average Bonchev–Trinajstić information content (AvgIpc) is 2.63. The summed E-state index contributed by atoms with van der Waals surface area (Å²) in [7, 11) is 3.49. The molecule has 0 aliphatic heterocycles. The zero-order valence-corrected chi connectivity index (χ0v) is 18.4. The zero-order valence-electron chi connectivity index (χ0n) is 18.4. The molecule has 0 fully saturated rings. The van der Waals surface area contributed by atoms with Gasteiger partial charge in [0.15, 0.2) is 0 Å². The third-order valence-electron chi connectivity index (χ3n) is 5.88. The second kappa shape index (κ2) is 9.35. The molecule has 1 atom stereocenters. The van der Waals surface area contributed by atoms with Crippen LogP contribution in [-0.2, 0) is 0 Å². The number of aryl methyl sites for hydroxylation is 4. The number of hydrogen-bond donors (Lipinski definition) is 0. The van der Waals surface area contributed by atoms with Gasteiger partial charge < -0.3 is 9.47 Å². The van der Waals surface area contributed by atoms with E-state index in [4.69, 9.17) is 9.47 Å². The minimum absolute atomic E-state index is 0.395. The van der Waals surface area contributed by atoms with Gasteiger partial charge in [0, 0.05) is 0 Å². The van der Waals surface area contributed by atoms with Crippen LogP contribution < -0.4 is 20.4 Å². The van der Waals surface area contributed by atoms with Crippen molar-refractivity contribution >= 4 is 17.6 Å². The van der Waals surface area contributed by atoms with E-state index in [2.05, 4.69) is 65.8 Å². The Hall–Kier alpha value is -1.90. The summed E-state index contributed by atoms with van der Waals surface area (Å²) in [5, 5.41) is 0. The predicted molar refractivity (Wildman–Crippen MR) is 119 cm³/mol. The maximum atomic E-state index is 5.51. The average molecular weight is 366 g/mol. The molecule has 2 aromatic carbocycles. The summed E-state index contributed by atoms with van der Waals surface area (Å²) in [6.07, 6.45) is 3.61. The van der Waals surface area contributed by atoms with Crippen LogP contribution in [0.3, 0.4) is 0 Å². The Morgan fingerprint density at radius 1 is 0.741 bits per heavy atom. The summed E-state index contributed by atoms with van der Waals surface area (Å²) in [6, 6.07) is 8.73. The van der Waals surface area contributed by atoms with Crippen molar-refractivity contribution in [2.75, 3.05) is 14.2 Å². The summed E-state index contributed by atoms with van der Waals surface area (Å²) < 4.78 is 11.0. The molecule has 2 rings (SSSR count). The lowest BCUT2D eigenvalue weighted by molar-refractivity contribution is 0.414. The number of ether oxygens (including phenoxy) is 2. The molecule has 0 heterocycles. The monoisotopic (exact) mass is 366 g/mol. The molecule has 0 N–H and O–H groups in total. The third kappa shape index (κ3) is 4.51. The van der Waals surface area contributed by atoms with Crippen LogP contribution >= 0.6 is 0 Å². The van der Waals surface area contributed by atoms with Crippen molar-refractivity contribution < 1.29 is 9.47 Å². The van der Waals surface area contributed by atoms with Crippen molar-refractivity contribution in [1.82, 2.24) is 0 Å². The van der Waals surface area contributed by atoms with Gasteiger partial charge in [-0.05, 0) is 52.0 Å². The predicted octanol–water partition coefficient (Wildman–Crippen LogP) is 5.13. The summed E-state index contributed by atoms with van der Waals surface area (Å²) >= 11 is 0. The van der Waals surface area contributed by atoms with Crippen molar-refractivity contribution in [3.8, 4) is 11.5 Å². The first-order valence-electron chi connectivity index (χ1n) is 10.2. The molecule has 0 aliphatic rings. The summed E-state index contributed by atoms with van der Waals surface area (Å²) in [5.41, 5.74) is 8.21. The first kappa shape index (κ1) is 21.4. The smallest absolute Gasteiger partial charge is 0.213 e. The minimum atomic E-state index is 0.395. The highest BCUT2D eigenvalue weighted by Crippen LogP contribution is 2.27. The Morgan fingerprint density at radius 2 is 1.11 bits per heavy atom. The van der Waals surface area contributed by atoms with Crippen LogP contribution in [0.25, 0.3) is 0 Å². The Balaban J connectivity index is 2.75. The van der Waals surface area contributed by atoms with Gasteiger partial charge in [-0.25, -0.2) is 0 Å². The first-order valence-corrected chi connectivity index (χ1v) is 10.2. The lowest BCUT2D eigenvalue weighted by Crippen LogP contribution is -2.50. The van der Waals surface area contributed by atoms with E-state index < -0.39 is 0 Å². The molecule has 0 aliphatic carbocycles. The second-order valence-corrected chi connectivity index (χ2v) is 7.78. The maximum Gasteiger partial charge on any atom is 0.213 e. The van der Waals surface area contributed by atoms with Gasteiger partial charge in [0.05, 0.1) is 14.2 Å². The molecule has 0 radical (unpaired) electrons. The van der Waals surface area contributed by atoms with E-state index >= 15 is 0 Å². The van der Waals surface area contributed by atoms with Crippen LogP contribution in [0, 0.1) is 27.7 Å². The van der Waals surface area contributed by atoms with Crippen molar-refractivity contribution in [2.24, 2.45) is 0 Å². The van der Waals surface area contributed by atoms with E-state index in [1.165, 1.54) is 52.4 Å². The summed E-state index contributed by atoms with van der Waals surface area (Å²) in [4.78, 5) is 0. The molecular formula is C24H35BO2. The van der Waals surface area contributed by atoms with Crippen molar-refractivity contribution in [3.05, 3.63) is 46.5 Å². The van der Waals surface area contributed by atoms with Gasteiger partial charge in [-0.2, -0.15) is 0 Å².